The highest BCUT2D eigenvalue weighted by Gasteiger charge is 2.17. The van der Waals surface area contributed by atoms with Crippen LogP contribution in [0.4, 0.5) is 0 Å². The Morgan fingerprint density at radius 1 is 1.50 bits per heavy atom. The molecule has 2 heterocycles. The molecular formula is C10H13N3O3S2. The molecule has 0 aromatic carbocycles. The average Bonchev–Trinajstić information content (AvgIpc) is 2.95. The largest absolute Gasteiger partial charge is 0.360 e. The smallest absolute Gasteiger partial charge is 0.250 e. The molecule has 0 spiro atoms. The summed E-state index contributed by atoms with van der Waals surface area (Å²) in [7, 11) is -3.51. The normalized spacial score (nSPS) is 11.9. The second kappa shape index (κ2) is 5.19. The molecule has 0 saturated heterocycles. The molecule has 0 amide bonds. The van der Waals surface area contributed by atoms with Crippen LogP contribution in [0.3, 0.4) is 0 Å². The molecule has 0 fully saturated rings. The van der Waals surface area contributed by atoms with Gasteiger partial charge in [0.05, 0.1) is 12.2 Å². The van der Waals surface area contributed by atoms with Crippen molar-refractivity contribution in [2.75, 3.05) is 0 Å². The lowest BCUT2D eigenvalue weighted by Crippen LogP contribution is -2.22. The van der Waals surface area contributed by atoms with Crippen molar-refractivity contribution in [2.24, 2.45) is 5.73 Å². The van der Waals surface area contributed by atoms with E-state index in [9.17, 15) is 8.42 Å². The van der Waals surface area contributed by atoms with Crippen LogP contribution in [-0.2, 0) is 23.1 Å². The molecule has 8 heteroatoms. The number of aryl methyl sites for hydroxylation is 1. The number of thiophene rings is 1. The zero-order valence-electron chi connectivity index (χ0n) is 9.71. The molecule has 0 bridgehead atoms. The third-order valence-corrected chi connectivity index (χ3v) is 5.22. The standard InChI is InChI=1S/C10H13N3O3S2/c1-7-4-8(16-13-7)6-12-18(14,15)10-3-2-9(5-11)17-10/h2-4,12H,5-6,11H2,1H3. The SMILES string of the molecule is Cc1cc(CNS(=O)(=O)c2ccc(CN)s2)on1. The second-order valence-corrected chi connectivity index (χ2v) is 6.85. The van der Waals surface area contributed by atoms with Gasteiger partial charge >= 0.3 is 0 Å². The Morgan fingerprint density at radius 3 is 2.83 bits per heavy atom. The second-order valence-electron chi connectivity index (χ2n) is 3.68. The van der Waals surface area contributed by atoms with Gasteiger partial charge in [-0.05, 0) is 19.1 Å². The van der Waals surface area contributed by atoms with E-state index in [0.29, 0.717) is 18.0 Å². The minimum Gasteiger partial charge on any atom is -0.360 e. The first-order valence-corrected chi connectivity index (χ1v) is 7.52. The Morgan fingerprint density at radius 2 is 2.28 bits per heavy atom. The van der Waals surface area contributed by atoms with Crippen molar-refractivity contribution in [1.29, 1.82) is 0 Å². The summed E-state index contributed by atoms with van der Waals surface area (Å²) >= 11 is 1.16. The summed E-state index contributed by atoms with van der Waals surface area (Å²) in [4.78, 5) is 0.825. The summed E-state index contributed by atoms with van der Waals surface area (Å²) < 4.78 is 31.5. The molecule has 3 N–H and O–H groups in total. The molecule has 0 saturated carbocycles. The van der Waals surface area contributed by atoms with E-state index in [1.807, 2.05) is 0 Å². The fourth-order valence-corrected chi connectivity index (χ4v) is 3.62. The lowest BCUT2D eigenvalue weighted by atomic mass is 10.4. The van der Waals surface area contributed by atoms with E-state index in [-0.39, 0.29) is 10.8 Å². The molecule has 98 valence electrons. The molecule has 0 unspecified atom stereocenters. The molecule has 2 aromatic heterocycles. The van der Waals surface area contributed by atoms with Gasteiger partial charge in [0.15, 0.2) is 5.76 Å². The molecule has 2 aromatic rings. The van der Waals surface area contributed by atoms with Gasteiger partial charge in [-0.25, -0.2) is 13.1 Å². The summed E-state index contributed by atoms with van der Waals surface area (Å²) in [5.41, 5.74) is 6.16. The van der Waals surface area contributed by atoms with Gasteiger partial charge in [-0.15, -0.1) is 11.3 Å². The zero-order valence-corrected chi connectivity index (χ0v) is 11.3. The first-order valence-electron chi connectivity index (χ1n) is 5.22. The van der Waals surface area contributed by atoms with E-state index >= 15 is 0 Å². The molecule has 0 atom stereocenters. The molecule has 0 aliphatic carbocycles. The molecule has 18 heavy (non-hydrogen) atoms. The van der Waals surface area contributed by atoms with Crippen LogP contribution < -0.4 is 10.5 Å². The van der Waals surface area contributed by atoms with Gasteiger partial charge < -0.3 is 10.3 Å². The topological polar surface area (TPSA) is 98.2 Å². The van der Waals surface area contributed by atoms with Gasteiger partial charge in [0.1, 0.15) is 4.21 Å². The zero-order chi connectivity index (χ0) is 13.2. The number of aromatic nitrogens is 1. The van der Waals surface area contributed by atoms with E-state index in [1.54, 1.807) is 25.1 Å². The quantitative estimate of drug-likeness (QED) is 0.854. The molecular weight excluding hydrogens is 274 g/mol. The Kier molecular flexibility index (Phi) is 3.81. The summed E-state index contributed by atoms with van der Waals surface area (Å²) in [5, 5.41) is 3.68. The van der Waals surface area contributed by atoms with Crippen LogP contribution in [0.2, 0.25) is 0 Å². The minimum atomic E-state index is -3.51. The van der Waals surface area contributed by atoms with E-state index in [0.717, 1.165) is 16.2 Å². The monoisotopic (exact) mass is 287 g/mol. The summed E-state index contributed by atoms with van der Waals surface area (Å²) in [6.45, 7) is 2.19. The molecule has 0 radical (unpaired) electrons. The van der Waals surface area contributed by atoms with Crippen LogP contribution >= 0.6 is 11.3 Å². The molecule has 0 aliphatic rings. The fourth-order valence-electron chi connectivity index (χ4n) is 1.35. The summed E-state index contributed by atoms with van der Waals surface area (Å²) in [6.07, 6.45) is 0. The minimum absolute atomic E-state index is 0.0824. The third-order valence-electron chi connectivity index (χ3n) is 2.22. The average molecular weight is 287 g/mol. The van der Waals surface area contributed by atoms with Crippen LogP contribution in [0, 0.1) is 6.92 Å². The van der Waals surface area contributed by atoms with Gasteiger partial charge in [0, 0.05) is 17.5 Å². The van der Waals surface area contributed by atoms with Crippen molar-refractivity contribution in [2.45, 2.75) is 24.2 Å². The number of nitrogens with one attached hydrogen (secondary N) is 1. The highest BCUT2D eigenvalue weighted by Crippen LogP contribution is 2.21. The van der Waals surface area contributed by atoms with Crippen molar-refractivity contribution >= 4 is 21.4 Å². The number of sulfonamides is 1. The number of hydrogen-bond acceptors (Lipinski definition) is 6. The van der Waals surface area contributed by atoms with E-state index in [1.165, 1.54) is 0 Å². The lowest BCUT2D eigenvalue weighted by Gasteiger charge is -2.01. The van der Waals surface area contributed by atoms with Crippen LogP contribution in [0.25, 0.3) is 0 Å². The first-order chi connectivity index (χ1) is 8.51. The molecule has 0 aliphatic heterocycles. The van der Waals surface area contributed by atoms with Gasteiger partial charge in [-0.3, -0.25) is 0 Å². The van der Waals surface area contributed by atoms with Crippen molar-refractivity contribution in [3.63, 3.8) is 0 Å². The number of hydrogen-bond donors (Lipinski definition) is 2. The van der Waals surface area contributed by atoms with Crippen molar-refractivity contribution in [1.82, 2.24) is 9.88 Å². The van der Waals surface area contributed by atoms with E-state index in [4.69, 9.17) is 10.3 Å². The van der Waals surface area contributed by atoms with Gasteiger partial charge in [0.2, 0.25) is 10.0 Å². The maximum atomic E-state index is 11.9. The maximum Gasteiger partial charge on any atom is 0.250 e. The van der Waals surface area contributed by atoms with Crippen LogP contribution in [0.15, 0.2) is 26.9 Å². The number of nitrogens with zero attached hydrogens (tertiary/aromatic N) is 1. The van der Waals surface area contributed by atoms with Gasteiger partial charge in [-0.1, -0.05) is 5.16 Å². The van der Waals surface area contributed by atoms with Crippen LogP contribution in [0.5, 0.6) is 0 Å². The first kappa shape index (κ1) is 13.2. The Hall–Kier alpha value is -1.22. The highest BCUT2D eigenvalue weighted by atomic mass is 32.2. The van der Waals surface area contributed by atoms with E-state index in [2.05, 4.69) is 9.88 Å². The Bertz CT molecular complexity index is 630. The summed E-state index contributed by atoms with van der Waals surface area (Å²) in [5.74, 6) is 0.478. The Labute approximate surface area is 109 Å². The van der Waals surface area contributed by atoms with E-state index < -0.39 is 10.0 Å². The fraction of sp³-hybridized carbons (Fsp3) is 0.300. The number of nitrogens with two attached hydrogens (primary N) is 1. The lowest BCUT2D eigenvalue weighted by molar-refractivity contribution is 0.377. The Balaban J connectivity index is 2.07. The summed E-state index contributed by atoms with van der Waals surface area (Å²) in [6, 6.07) is 4.93. The molecule has 2 rings (SSSR count). The van der Waals surface area contributed by atoms with Gasteiger partial charge in [0.25, 0.3) is 0 Å². The number of rotatable bonds is 5. The van der Waals surface area contributed by atoms with Crippen molar-refractivity contribution < 1.29 is 12.9 Å². The maximum absolute atomic E-state index is 11.9. The molecule has 6 nitrogen and oxygen atoms in total. The van der Waals surface area contributed by atoms with Crippen molar-refractivity contribution in [3.05, 3.63) is 34.5 Å². The third kappa shape index (κ3) is 2.96. The predicted molar refractivity (Wildman–Crippen MR) is 67.5 cm³/mol. The van der Waals surface area contributed by atoms with Crippen LogP contribution in [0.1, 0.15) is 16.3 Å². The highest BCUT2D eigenvalue weighted by molar-refractivity contribution is 7.91. The van der Waals surface area contributed by atoms with Crippen molar-refractivity contribution in [3.8, 4) is 0 Å². The van der Waals surface area contributed by atoms with Gasteiger partial charge in [-0.2, -0.15) is 0 Å². The predicted octanol–water partition coefficient (Wildman–Crippen LogP) is 0.982. The van der Waals surface area contributed by atoms with Crippen LogP contribution in [-0.4, -0.2) is 13.6 Å².